The van der Waals surface area contributed by atoms with Gasteiger partial charge in [0.15, 0.2) is 0 Å². The number of aryl methyl sites for hydroxylation is 1. The van der Waals surface area contributed by atoms with Gasteiger partial charge in [-0.15, -0.1) is 0 Å². The number of carbonyl (C=O) groups excluding carboxylic acids is 2. The van der Waals surface area contributed by atoms with Gasteiger partial charge in [0.05, 0.1) is 0 Å². The lowest BCUT2D eigenvalue weighted by Gasteiger charge is -2.33. The lowest BCUT2D eigenvalue weighted by atomic mass is 9.86. The predicted octanol–water partition coefficient (Wildman–Crippen LogP) is 4.19. The van der Waals surface area contributed by atoms with E-state index in [4.69, 9.17) is 0 Å². The Hall–Kier alpha value is -2.66. The molecule has 1 unspecified atom stereocenters. The van der Waals surface area contributed by atoms with Gasteiger partial charge in [0.1, 0.15) is 6.04 Å². The van der Waals surface area contributed by atoms with E-state index < -0.39 is 6.04 Å². The van der Waals surface area contributed by atoms with Gasteiger partial charge >= 0.3 is 0 Å². The molecule has 1 heterocycles. The van der Waals surface area contributed by atoms with E-state index in [9.17, 15) is 9.59 Å². The second kappa shape index (κ2) is 10.3. The van der Waals surface area contributed by atoms with E-state index in [-0.39, 0.29) is 23.3 Å². The molecular formula is C27H37N3O2. The molecule has 1 atom stereocenters. The zero-order valence-electron chi connectivity index (χ0n) is 20.1. The Bertz CT molecular complexity index is 923. The fourth-order valence-corrected chi connectivity index (χ4v) is 4.10. The molecule has 1 saturated heterocycles. The summed E-state index contributed by atoms with van der Waals surface area (Å²) < 4.78 is 0. The van der Waals surface area contributed by atoms with Crippen molar-refractivity contribution in [3.8, 4) is 0 Å². The highest BCUT2D eigenvalue weighted by molar-refractivity contribution is 5.97. The molecule has 1 aliphatic heterocycles. The molecule has 3 rings (SSSR count). The van der Waals surface area contributed by atoms with E-state index in [1.807, 2.05) is 24.3 Å². The number of rotatable bonds is 6. The first-order valence-corrected chi connectivity index (χ1v) is 11.6. The third-order valence-corrected chi connectivity index (χ3v) is 6.18. The number of carbonyl (C=O) groups is 2. The van der Waals surface area contributed by atoms with Gasteiger partial charge in [-0.2, -0.15) is 0 Å². The summed E-state index contributed by atoms with van der Waals surface area (Å²) >= 11 is 0. The molecule has 2 N–H and O–H groups in total. The second-order valence-corrected chi connectivity index (χ2v) is 10.1. The average Bonchev–Trinajstić information content (AvgIpc) is 2.74. The van der Waals surface area contributed by atoms with Crippen LogP contribution in [0.25, 0.3) is 0 Å². The highest BCUT2D eigenvalue weighted by atomic mass is 16.2. The van der Waals surface area contributed by atoms with Crippen molar-refractivity contribution in [2.45, 2.75) is 71.5 Å². The molecule has 5 nitrogen and oxygen atoms in total. The van der Waals surface area contributed by atoms with Gasteiger partial charge in [-0.05, 0) is 55.4 Å². The Kier molecular flexibility index (Phi) is 7.73. The Labute approximate surface area is 192 Å². The fourth-order valence-electron chi connectivity index (χ4n) is 4.10. The third-order valence-electron chi connectivity index (χ3n) is 6.18. The molecule has 5 heteroatoms. The first-order valence-electron chi connectivity index (χ1n) is 11.6. The molecule has 2 aromatic rings. The maximum absolute atomic E-state index is 12.6. The van der Waals surface area contributed by atoms with E-state index in [2.05, 4.69) is 67.5 Å². The highest BCUT2D eigenvalue weighted by Gasteiger charge is 2.24. The smallest absolute Gasteiger partial charge is 0.251 e. The van der Waals surface area contributed by atoms with Crippen molar-refractivity contribution in [1.82, 2.24) is 15.5 Å². The van der Waals surface area contributed by atoms with Gasteiger partial charge in [-0.25, -0.2) is 0 Å². The van der Waals surface area contributed by atoms with Crippen LogP contribution in [-0.4, -0.2) is 41.9 Å². The fraction of sp³-hybridized carbons (Fsp3) is 0.481. The third kappa shape index (κ3) is 6.67. The number of piperidine rings is 1. The summed E-state index contributed by atoms with van der Waals surface area (Å²) in [6.07, 6.45) is 1.85. The summed E-state index contributed by atoms with van der Waals surface area (Å²) in [5.41, 5.74) is 4.40. The van der Waals surface area contributed by atoms with Crippen LogP contribution in [0.15, 0.2) is 48.5 Å². The number of benzene rings is 2. The summed E-state index contributed by atoms with van der Waals surface area (Å²) in [6, 6.07) is 15.8. The van der Waals surface area contributed by atoms with Crippen LogP contribution in [0.2, 0.25) is 0 Å². The monoisotopic (exact) mass is 435 g/mol. The van der Waals surface area contributed by atoms with Crippen LogP contribution >= 0.6 is 0 Å². The molecule has 0 saturated carbocycles. The molecule has 32 heavy (non-hydrogen) atoms. The molecular weight excluding hydrogens is 398 g/mol. The van der Waals surface area contributed by atoms with Crippen molar-refractivity contribution in [2.75, 3.05) is 13.1 Å². The summed E-state index contributed by atoms with van der Waals surface area (Å²) in [6.45, 7) is 13.1. The minimum atomic E-state index is -0.574. The number of amides is 2. The highest BCUT2D eigenvalue weighted by Crippen LogP contribution is 2.22. The first-order chi connectivity index (χ1) is 15.1. The Morgan fingerprint density at radius 1 is 1.06 bits per heavy atom. The Balaban J connectivity index is 1.44. The van der Waals surface area contributed by atoms with Crippen LogP contribution in [0.3, 0.4) is 0 Å². The van der Waals surface area contributed by atoms with Gasteiger partial charge in [-0.3, -0.25) is 14.5 Å². The van der Waals surface area contributed by atoms with Crippen molar-refractivity contribution in [3.63, 3.8) is 0 Å². The van der Waals surface area contributed by atoms with Crippen molar-refractivity contribution in [3.05, 3.63) is 70.8 Å². The maximum Gasteiger partial charge on any atom is 0.251 e. The molecule has 2 aromatic carbocycles. The molecule has 1 fully saturated rings. The number of likely N-dealkylation sites (tertiary alicyclic amines) is 1. The second-order valence-electron chi connectivity index (χ2n) is 10.1. The van der Waals surface area contributed by atoms with Gasteiger partial charge in [-0.1, -0.05) is 62.7 Å². The lowest BCUT2D eigenvalue weighted by molar-refractivity contribution is -0.123. The van der Waals surface area contributed by atoms with E-state index in [1.165, 1.54) is 16.7 Å². The molecule has 2 amide bonds. The van der Waals surface area contributed by atoms with Gasteiger partial charge < -0.3 is 10.6 Å². The first kappa shape index (κ1) is 24.0. The summed E-state index contributed by atoms with van der Waals surface area (Å²) in [4.78, 5) is 27.6. The van der Waals surface area contributed by atoms with Crippen LogP contribution in [-0.2, 0) is 16.8 Å². The predicted molar refractivity (Wildman–Crippen MR) is 130 cm³/mol. The van der Waals surface area contributed by atoms with Gasteiger partial charge in [0, 0.05) is 31.2 Å². The normalized spacial score (nSPS) is 16.4. The van der Waals surface area contributed by atoms with Crippen LogP contribution in [0.1, 0.15) is 67.6 Å². The van der Waals surface area contributed by atoms with Gasteiger partial charge in [0.2, 0.25) is 5.91 Å². The number of nitrogens with one attached hydrogen (secondary N) is 2. The van der Waals surface area contributed by atoms with E-state index >= 15 is 0 Å². The molecule has 0 radical (unpaired) electrons. The Morgan fingerprint density at radius 2 is 1.72 bits per heavy atom. The van der Waals surface area contributed by atoms with Gasteiger partial charge in [0.25, 0.3) is 5.91 Å². The molecule has 172 valence electrons. The topological polar surface area (TPSA) is 61.4 Å². The van der Waals surface area contributed by atoms with E-state index in [0.717, 1.165) is 32.5 Å². The molecule has 0 aromatic heterocycles. The standard InChI is InChI=1S/C27H37N3O2/c1-19-7-6-8-21(17-19)18-30-15-13-24(14-16-30)29-25(31)20(2)28-26(32)22-9-11-23(12-10-22)27(3,4)5/h6-12,17,20,24H,13-16,18H2,1-5H3,(H,28,32)(H,29,31). The largest absolute Gasteiger partial charge is 0.351 e. The average molecular weight is 436 g/mol. The zero-order chi connectivity index (χ0) is 23.3. The van der Waals surface area contributed by atoms with E-state index in [0.29, 0.717) is 5.56 Å². The number of hydrogen-bond donors (Lipinski definition) is 2. The molecule has 0 aliphatic carbocycles. The summed E-state index contributed by atoms with van der Waals surface area (Å²) in [5, 5.41) is 5.95. The van der Waals surface area contributed by atoms with E-state index in [1.54, 1.807) is 6.92 Å². The van der Waals surface area contributed by atoms with Crippen LogP contribution in [0, 0.1) is 6.92 Å². The minimum Gasteiger partial charge on any atom is -0.351 e. The van der Waals surface area contributed by atoms with Crippen molar-refractivity contribution < 1.29 is 9.59 Å². The van der Waals surface area contributed by atoms with Crippen LogP contribution in [0.5, 0.6) is 0 Å². The maximum atomic E-state index is 12.6. The SMILES string of the molecule is Cc1cccc(CN2CCC(NC(=O)C(C)NC(=O)c3ccc(C(C)(C)C)cc3)CC2)c1. The molecule has 1 aliphatic rings. The summed E-state index contributed by atoms with van der Waals surface area (Å²) in [5.74, 6) is -0.345. The van der Waals surface area contributed by atoms with Crippen molar-refractivity contribution in [1.29, 1.82) is 0 Å². The number of hydrogen-bond acceptors (Lipinski definition) is 3. The quantitative estimate of drug-likeness (QED) is 0.715. The zero-order valence-corrected chi connectivity index (χ0v) is 20.1. The van der Waals surface area contributed by atoms with Crippen molar-refractivity contribution >= 4 is 11.8 Å². The Morgan fingerprint density at radius 3 is 2.31 bits per heavy atom. The summed E-state index contributed by atoms with van der Waals surface area (Å²) in [7, 11) is 0. The van der Waals surface area contributed by atoms with Crippen molar-refractivity contribution in [2.24, 2.45) is 0 Å². The molecule has 0 spiro atoms. The molecule has 0 bridgehead atoms. The van der Waals surface area contributed by atoms with Crippen LogP contribution in [0.4, 0.5) is 0 Å². The lowest BCUT2D eigenvalue weighted by Crippen LogP contribution is -2.51. The minimum absolute atomic E-state index is 0.0395. The van der Waals surface area contributed by atoms with Crippen LogP contribution < -0.4 is 10.6 Å². The number of nitrogens with zero attached hydrogens (tertiary/aromatic N) is 1.